The smallest absolute Gasteiger partial charge is 0.272 e. The van der Waals surface area contributed by atoms with E-state index in [1.807, 2.05) is 0 Å². The Bertz CT molecular complexity index is 352. The van der Waals surface area contributed by atoms with Crippen molar-refractivity contribution in [3.05, 3.63) is 27.7 Å². The predicted octanol–water partition coefficient (Wildman–Crippen LogP) is 0.466. The van der Waals surface area contributed by atoms with Gasteiger partial charge in [-0.15, -0.1) is 0 Å². The minimum absolute atomic E-state index is 0.134. The van der Waals surface area contributed by atoms with Crippen LogP contribution in [0.1, 0.15) is 5.56 Å². The Morgan fingerprint density at radius 1 is 1.38 bits per heavy atom. The van der Waals surface area contributed by atoms with Crippen LogP contribution in [0.3, 0.4) is 0 Å². The molecule has 3 nitrogen and oxygen atoms in total. The zero-order valence-electron chi connectivity index (χ0n) is 6.97. The van der Waals surface area contributed by atoms with E-state index in [4.69, 9.17) is 39.1 Å². The third kappa shape index (κ3) is 2.05. The van der Waals surface area contributed by atoms with Crippen LogP contribution in [0.2, 0.25) is 10.0 Å². The second-order valence-electron chi connectivity index (χ2n) is 2.42. The van der Waals surface area contributed by atoms with Gasteiger partial charge in [0.1, 0.15) is 5.75 Å². The second-order valence-corrected chi connectivity index (χ2v) is 3.24. The zero-order valence-corrected chi connectivity index (χ0v) is 8.49. The Morgan fingerprint density at radius 3 is 2.46 bits per heavy atom. The third-order valence-electron chi connectivity index (χ3n) is 1.55. The fraction of sp³-hybridized carbons (Fsp3) is 0.125. The van der Waals surface area contributed by atoms with Gasteiger partial charge in [0, 0.05) is 6.07 Å². The van der Waals surface area contributed by atoms with Gasteiger partial charge in [-0.2, -0.15) is 0 Å². The zero-order chi connectivity index (χ0) is 10.0. The van der Waals surface area contributed by atoms with E-state index in [0.29, 0.717) is 21.4 Å². The van der Waals surface area contributed by atoms with Crippen molar-refractivity contribution in [2.24, 2.45) is 5.73 Å². The van der Waals surface area contributed by atoms with E-state index in [1.165, 1.54) is 7.11 Å². The first kappa shape index (κ1) is 10.2. The molecule has 0 saturated heterocycles. The third-order valence-corrected chi connectivity index (χ3v) is 2.16. The summed E-state index contributed by atoms with van der Waals surface area (Å²) in [6.07, 6.45) is 0. The van der Waals surface area contributed by atoms with Gasteiger partial charge < -0.3 is 4.74 Å². The van der Waals surface area contributed by atoms with Gasteiger partial charge in [-0.25, -0.2) is 0 Å². The first-order valence-corrected chi connectivity index (χ1v) is 4.23. The van der Waals surface area contributed by atoms with Crippen LogP contribution in [0.5, 0.6) is 5.75 Å². The standard InChI is InChI=1S/C8H8Cl2N2O/c1-13-7-3-5(9)4(8(11)12)2-6(7)10/h2-3H,1H3,(H3,11,12)/p+1. The second kappa shape index (κ2) is 3.85. The fourth-order valence-corrected chi connectivity index (χ4v) is 1.41. The monoisotopic (exact) mass is 219 g/mol. The van der Waals surface area contributed by atoms with Crippen LogP contribution in [0, 0.1) is 0 Å². The highest BCUT2D eigenvalue weighted by Gasteiger charge is 2.12. The average Bonchev–Trinajstić information content (AvgIpc) is 2.07. The number of rotatable bonds is 2. The maximum Gasteiger partial charge on any atom is 0.272 e. The normalized spacial score (nSPS) is 9.77. The van der Waals surface area contributed by atoms with Crippen molar-refractivity contribution in [2.75, 3.05) is 7.11 Å². The van der Waals surface area contributed by atoms with Gasteiger partial charge >= 0.3 is 0 Å². The molecule has 0 radical (unpaired) electrons. The van der Waals surface area contributed by atoms with Crippen LogP contribution in [-0.4, -0.2) is 12.9 Å². The Morgan fingerprint density at radius 2 is 2.00 bits per heavy atom. The molecule has 1 rings (SSSR count). The summed E-state index contributed by atoms with van der Waals surface area (Å²) >= 11 is 11.7. The Kier molecular flexibility index (Phi) is 3.01. The van der Waals surface area contributed by atoms with Gasteiger partial charge in [0.25, 0.3) is 5.84 Å². The molecule has 0 heterocycles. The van der Waals surface area contributed by atoms with Crippen molar-refractivity contribution in [1.82, 2.24) is 0 Å². The maximum absolute atomic E-state index is 5.86. The van der Waals surface area contributed by atoms with Crippen LogP contribution in [0.25, 0.3) is 0 Å². The molecule has 0 unspecified atom stereocenters. The van der Waals surface area contributed by atoms with Crippen LogP contribution in [0.15, 0.2) is 12.1 Å². The fourth-order valence-electron chi connectivity index (χ4n) is 0.906. The Hall–Kier alpha value is -0.930. The lowest BCUT2D eigenvalue weighted by Crippen LogP contribution is -2.46. The summed E-state index contributed by atoms with van der Waals surface area (Å²) in [6, 6.07) is 3.14. The summed E-state index contributed by atoms with van der Waals surface area (Å²) < 4.78 is 4.95. The number of amidine groups is 1. The van der Waals surface area contributed by atoms with Crippen molar-refractivity contribution in [3.63, 3.8) is 0 Å². The van der Waals surface area contributed by atoms with E-state index in [1.54, 1.807) is 12.1 Å². The molecule has 70 valence electrons. The van der Waals surface area contributed by atoms with E-state index in [-0.39, 0.29) is 5.84 Å². The molecule has 13 heavy (non-hydrogen) atoms. The SMILES string of the molecule is COc1cc(Cl)c(C(N)=[NH2+])cc1Cl. The van der Waals surface area contributed by atoms with Gasteiger partial charge in [0.2, 0.25) is 0 Å². The molecule has 0 spiro atoms. The quantitative estimate of drug-likeness (QED) is 0.562. The van der Waals surface area contributed by atoms with Crippen molar-refractivity contribution in [3.8, 4) is 5.75 Å². The number of nitrogens with two attached hydrogens (primary N) is 2. The first-order chi connectivity index (χ1) is 6.06. The lowest BCUT2D eigenvalue weighted by molar-refractivity contribution is -0.114. The average molecular weight is 220 g/mol. The van der Waals surface area contributed by atoms with E-state index in [2.05, 4.69) is 0 Å². The van der Waals surface area contributed by atoms with Crippen molar-refractivity contribution in [1.29, 1.82) is 0 Å². The highest BCUT2D eigenvalue weighted by Crippen LogP contribution is 2.30. The van der Waals surface area contributed by atoms with E-state index < -0.39 is 0 Å². The molecule has 0 atom stereocenters. The molecule has 1 aromatic carbocycles. The molecule has 1 aromatic rings. The molecule has 0 saturated carbocycles. The van der Waals surface area contributed by atoms with Crippen molar-refractivity contribution in [2.45, 2.75) is 0 Å². The number of hydrogen-bond acceptors (Lipinski definition) is 1. The van der Waals surface area contributed by atoms with Gasteiger partial charge in [0.15, 0.2) is 0 Å². The molecule has 0 aliphatic heterocycles. The molecule has 0 aromatic heterocycles. The summed E-state index contributed by atoms with van der Waals surface area (Å²) in [7, 11) is 1.51. The van der Waals surface area contributed by atoms with Gasteiger partial charge in [-0.3, -0.25) is 11.1 Å². The number of hydrogen-bond donors (Lipinski definition) is 2. The molecule has 0 aliphatic rings. The minimum Gasteiger partial charge on any atom is -0.495 e. The molecule has 0 aliphatic carbocycles. The van der Waals surface area contributed by atoms with Crippen LogP contribution >= 0.6 is 23.2 Å². The van der Waals surface area contributed by atoms with Gasteiger partial charge in [0.05, 0.1) is 22.7 Å². The van der Waals surface area contributed by atoms with Crippen LogP contribution in [-0.2, 0) is 0 Å². The molecule has 0 fully saturated rings. The van der Waals surface area contributed by atoms with Crippen LogP contribution in [0.4, 0.5) is 0 Å². The molecule has 5 heteroatoms. The molecule has 0 bridgehead atoms. The van der Waals surface area contributed by atoms with Crippen molar-refractivity contribution < 1.29 is 10.1 Å². The highest BCUT2D eigenvalue weighted by molar-refractivity contribution is 6.36. The summed E-state index contributed by atoms with van der Waals surface area (Å²) in [5.41, 5.74) is 5.91. The first-order valence-electron chi connectivity index (χ1n) is 3.47. The minimum atomic E-state index is 0.134. The summed E-state index contributed by atoms with van der Waals surface area (Å²) in [4.78, 5) is 0. The van der Waals surface area contributed by atoms with Gasteiger partial charge in [-0.1, -0.05) is 23.2 Å². The van der Waals surface area contributed by atoms with E-state index in [9.17, 15) is 0 Å². The highest BCUT2D eigenvalue weighted by atomic mass is 35.5. The van der Waals surface area contributed by atoms with Crippen molar-refractivity contribution >= 4 is 29.0 Å². The number of methoxy groups -OCH3 is 1. The molecular formula is C8H9Cl2N2O+. The lowest BCUT2D eigenvalue weighted by atomic mass is 10.2. The lowest BCUT2D eigenvalue weighted by Gasteiger charge is -2.05. The summed E-state index contributed by atoms with van der Waals surface area (Å²) in [5, 5.41) is 6.23. The Labute approximate surface area is 85.9 Å². The summed E-state index contributed by atoms with van der Waals surface area (Å²) in [6.45, 7) is 0. The predicted molar refractivity (Wildman–Crippen MR) is 53.2 cm³/mol. The topological polar surface area (TPSA) is 60.8 Å². The van der Waals surface area contributed by atoms with Crippen LogP contribution < -0.4 is 15.9 Å². The van der Waals surface area contributed by atoms with Gasteiger partial charge in [-0.05, 0) is 6.07 Å². The van der Waals surface area contributed by atoms with E-state index in [0.717, 1.165) is 0 Å². The molecule has 0 amide bonds. The molecule has 4 N–H and O–H groups in total. The summed E-state index contributed by atoms with van der Waals surface area (Å²) in [5.74, 6) is 0.631. The number of halogens is 2. The number of benzene rings is 1. The Balaban J connectivity index is 3.28. The molecular weight excluding hydrogens is 211 g/mol. The number of ether oxygens (including phenoxy) is 1. The largest absolute Gasteiger partial charge is 0.495 e. The maximum atomic E-state index is 5.86. The van der Waals surface area contributed by atoms with E-state index >= 15 is 0 Å².